The monoisotopic (exact) mass is 462 g/mol. The average molecular weight is 462 g/mol. The number of carbonyl (C=O) groups is 4. The minimum absolute atomic E-state index is 0.0172. The molecule has 0 N–H and O–H groups in total. The Bertz CT molecular complexity index is 1120. The first-order valence-electron chi connectivity index (χ1n) is 9.61. The third-order valence-electron chi connectivity index (χ3n) is 4.56. The summed E-state index contributed by atoms with van der Waals surface area (Å²) in [4.78, 5) is 44.3. The van der Waals surface area contributed by atoms with Gasteiger partial charge < -0.3 is 49.1 Å². The Labute approximate surface area is 192 Å². The van der Waals surface area contributed by atoms with E-state index >= 15 is 0 Å². The summed E-state index contributed by atoms with van der Waals surface area (Å²) in [7, 11) is 0. The lowest BCUT2D eigenvalue weighted by Crippen LogP contribution is -2.25. The molecule has 0 radical (unpaired) electrons. The zero-order valence-electron chi connectivity index (χ0n) is 17.3. The highest BCUT2D eigenvalue weighted by atomic mass is 16.5. The minimum atomic E-state index is -1.57. The van der Waals surface area contributed by atoms with Crippen LogP contribution in [0, 0.1) is 0 Å². The number of hydrogen-bond donors (Lipinski definition) is 0. The lowest BCUT2D eigenvalue weighted by Gasteiger charge is -2.14. The summed E-state index contributed by atoms with van der Waals surface area (Å²) in [5.41, 5.74) is -0.285. The van der Waals surface area contributed by atoms with Crippen molar-refractivity contribution in [1.82, 2.24) is 0 Å². The Hall–Kier alpha value is -4.86. The van der Waals surface area contributed by atoms with Crippen LogP contribution < -0.4 is 29.9 Å². The minimum Gasteiger partial charge on any atom is -0.545 e. The molecule has 0 atom stereocenters. The highest BCUT2D eigenvalue weighted by molar-refractivity contribution is 5.93. The topological polar surface area (TPSA) is 179 Å². The van der Waals surface area contributed by atoms with Gasteiger partial charge in [0.05, 0.1) is 23.9 Å². The van der Waals surface area contributed by atoms with E-state index in [9.17, 15) is 39.6 Å². The van der Waals surface area contributed by atoms with Gasteiger partial charge in [0.1, 0.15) is 24.7 Å². The Kier molecular flexibility index (Phi) is 7.12. The molecule has 3 rings (SSSR count). The lowest BCUT2D eigenvalue weighted by molar-refractivity contribution is -0.257. The van der Waals surface area contributed by atoms with E-state index in [1.165, 1.54) is 0 Å². The molecule has 0 amide bonds. The van der Waals surface area contributed by atoms with Crippen molar-refractivity contribution in [1.29, 1.82) is 0 Å². The van der Waals surface area contributed by atoms with Gasteiger partial charge in [0.2, 0.25) is 0 Å². The molecule has 0 saturated carbocycles. The van der Waals surface area contributed by atoms with Crippen LogP contribution in [-0.2, 0) is 13.2 Å². The molecular formula is C24H14O10-4. The highest BCUT2D eigenvalue weighted by Crippen LogP contribution is 2.21. The van der Waals surface area contributed by atoms with E-state index in [1.807, 2.05) is 0 Å². The predicted octanol–water partition coefficient (Wildman–Crippen LogP) is -1.70. The largest absolute Gasteiger partial charge is 0.545 e. The molecule has 0 aliphatic carbocycles. The zero-order chi connectivity index (χ0) is 24.8. The third-order valence-corrected chi connectivity index (χ3v) is 4.56. The molecule has 0 heterocycles. The predicted molar refractivity (Wildman–Crippen MR) is 105 cm³/mol. The van der Waals surface area contributed by atoms with E-state index in [2.05, 4.69) is 0 Å². The van der Waals surface area contributed by atoms with Crippen molar-refractivity contribution < 1.29 is 49.1 Å². The van der Waals surface area contributed by atoms with Crippen LogP contribution in [0.25, 0.3) is 0 Å². The molecule has 0 spiro atoms. The summed E-state index contributed by atoms with van der Waals surface area (Å²) in [6.45, 7) is -0.0995. The number of rotatable bonds is 10. The Balaban J connectivity index is 1.72. The van der Waals surface area contributed by atoms with E-state index in [0.29, 0.717) is 11.1 Å². The fourth-order valence-electron chi connectivity index (χ4n) is 2.98. The van der Waals surface area contributed by atoms with Crippen molar-refractivity contribution >= 4 is 23.9 Å². The summed E-state index contributed by atoms with van der Waals surface area (Å²) < 4.78 is 11.0. The van der Waals surface area contributed by atoms with Crippen molar-refractivity contribution in [3.63, 3.8) is 0 Å². The smallest absolute Gasteiger partial charge is 0.121 e. The van der Waals surface area contributed by atoms with Crippen LogP contribution in [0.4, 0.5) is 0 Å². The first kappa shape index (κ1) is 23.8. The standard InChI is InChI=1S/C24H18O10/c25-21(26)15-5-16(22(27)28)8-19(7-15)33-11-13-2-1-3-14(4-13)12-34-20-9-17(23(29)30)6-18(10-20)24(31)32/h1-10H,11-12H2,(H,25,26)(H,27,28)(H,29,30)(H,31,32)/p-4. The van der Waals surface area contributed by atoms with Gasteiger partial charge in [-0.3, -0.25) is 0 Å². The molecule has 0 aromatic heterocycles. The van der Waals surface area contributed by atoms with E-state index < -0.39 is 23.9 Å². The Morgan fingerprint density at radius 2 is 0.853 bits per heavy atom. The quantitative estimate of drug-likeness (QED) is 0.337. The van der Waals surface area contributed by atoms with Crippen molar-refractivity contribution in [3.8, 4) is 11.5 Å². The summed E-state index contributed by atoms with van der Waals surface area (Å²) in [5.74, 6) is -6.32. The highest BCUT2D eigenvalue weighted by Gasteiger charge is 2.07. The van der Waals surface area contributed by atoms with Gasteiger partial charge in [-0.1, -0.05) is 18.2 Å². The summed E-state index contributed by atoms with van der Waals surface area (Å²) in [6, 6.07) is 13.0. The van der Waals surface area contributed by atoms with Crippen LogP contribution in [0.3, 0.4) is 0 Å². The molecule has 0 bridgehead atoms. The number of carbonyl (C=O) groups excluding carboxylic acids is 4. The number of carboxylic acids is 4. The van der Waals surface area contributed by atoms with E-state index in [1.54, 1.807) is 24.3 Å². The normalized spacial score (nSPS) is 10.4. The second-order valence-corrected chi connectivity index (χ2v) is 7.04. The summed E-state index contributed by atoms with van der Waals surface area (Å²) >= 11 is 0. The van der Waals surface area contributed by atoms with Crippen molar-refractivity contribution in [3.05, 3.63) is 94.0 Å². The fraction of sp³-hybridized carbons (Fsp3) is 0.0833. The fourth-order valence-corrected chi connectivity index (χ4v) is 2.98. The molecule has 0 saturated heterocycles. The molecule has 34 heavy (non-hydrogen) atoms. The van der Waals surface area contributed by atoms with Gasteiger partial charge in [0.25, 0.3) is 0 Å². The summed E-state index contributed by atoms with van der Waals surface area (Å²) in [6.07, 6.45) is 0. The molecule has 174 valence electrons. The first-order valence-corrected chi connectivity index (χ1v) is 9.61. The molecule has 0 fully saturated rings. The van der Waals surface area contributed by atoms with E-state index in [4.69, 9.17) is 9.47 Å². The van der Waals surface area contributed by atoms with Gasteiger partial charge in [-0.05, 0) is 53.6 Å². The average Bonchev–Trinajstić information content (AvgIpc) is 2.81. The van der Waals surface area contributed by atoms with Crippen LogP contribution in [0.5, 0.6) is 11.5 Å². The van der Waals surface area contributed by atoms with Gasteiger partial charge in [-0.25, -0.2) is 0 Å². The zero-order valence-corrected chi connectivity index (χ0v) is 17.3. The molecule has 0 unspecified atom stereocenters. The number of hydrogen-bond acceptors (Lipinski definition) is 10. The SMILES string of the molecule is O=C([O-])c1cc(OCc2cccc(COc3cc(C(=O)[O-])cc(C(=O)[O-])c3)c2)cc(C(=O)[O-])c1. The molecule has 3 aromatic rings. The van der Waals surface area contributed by atoms with Crippen molar-refractivity contribution in [2.75, 3.05) is 0 Å². The first-order chi connectivity index (χ1) is 16.1. The van der Waals surface area contributed by atoms with Crippen LogP contribution in [0.2, 0.25) is 0 Å². The van der Waals surface area contributed by atoms with Gasteiger partial charge >= 0.3 is 0 Å². The van der Waals surface area contributed by atoms with Crippen LogP contribution >= 0.6 is 0 Å². The van der Waals surface area contributed by atoms with E-state index in [-0.39, 0.29) is 47.0 Å². The van der Waals surface area contributed by atoms with Crippen molar-refractivity contribution in [2.45, 2.75) is 13.2 Å². The molecule has 0 aliphatic heterocycles. The maximum atomic E-state index is 11.1. The maximum absolute atomic E-state index is 11.1. The molecule has 10 nitrogen and oxygen atoms in total. The summed E-state index contributed by atoms with van der Waals surface area (Å²) in [5, 5.41) is 44.3. The maximum Gasteiger partial charge on any atom is 0.121 e. The third kappa shape index (κ3) is 6.10. The van der Waals surface area contributed by atoms with Crippen LogP contribution in [-0.4, -0.2) is 23.9 Å². The molecule has 3 aromatic carbocycles. The molecule has 10 heteroatoms. The van der Waals surface area contributed by atoms with E-state index in [0.717, 1.165) is 36.4 Å². The van der Waals surface area contributed by atoms with Crippen LogP contribution in [0.15, 0.2) is 60.7 Å². The van der Waals surface area contributed by atoms with Crippen LogP contribution in [0.1, 0.15) is 52.6 Å². The Morgan fingerprint density at radius 3 is 1.15 bits per heavy atom. The van der Waals surface area contributed by atoms with Gasteiger partial charge in [-0.2, -0.15) is 0 Å². The number of carboxylic acid groups (broad SMARTS) is 4. The number of aromatic carboxylic acids is 4. The molecule has 0 aliphatic rings. The number of benzene rings is 3. The second kappa shape index (κ2) is 10.2. The molecular weight excluding hydrogens is 448 g/mol. The second-order valence-electron chi connectivity index (χ2n) is 7.04. The van der Waals surface area contributed by atoms with Gasteiger partial charge in [0.15, 0.2) is 0 Å². The lowest BCUT2D eigenvalue weighted by atomic mass is 10.1. The number of ether oxygens (including phenoxy) is 2. The van der Waals surface area contributed by atoms with Crippen molar-refractivity contribution in [2.24, 2.45) is 0 Å². The van der Waals surface area contributed by atoms with Gasteiger partial charge in [0, 0.05) is 22.3 Å². The Morgan fingerprint density at radius 1 is 0.529 bits per heavy atom. The van der Waals surface area contributed by atoms with Gasteiger partial charge in [-0.15, -0.1) is 0 Å².